The predicted molar refractivity (Wildman–Crippen MR) is 82.9 cm³/mol. The Balaban J connectivity index is 1.95. The molecule has 124 valence electrons. The highest BCUT2D eigenvalue weighted by molar-refractivity contribution is 5.98. The Morgan fingerprint density at radius 3 is 2.70 bits per heavy atom. The van der Waals surface area contributed by atoms with Gasteiger partial charge in [-0.05, 0) is 24.3 Å². The molecular formula is C15H19N3O5. The summed E-state index contributed by atoms with van der Waals surface area (Å²) in [4.78, 5) is 36.3. The fraction of sp³-hybridized carbons (Fsp3) is 0.400. The maximum Gasteiger partial charge on any atom is 0.307 e. The van der Waals surface area contributed by atoms with E-state index in [-0.39, 0.29) is 18.9 Å². The molecule has 0 saturated carbocycles. The fourth-order valence-electron chi connectivity index (χ4n) is 2.11. The molecule has 1 aromatic rings. The van der Waals surface area contributed by atoms with Crippen LogP contribution in [0.3, 0.4) is 0 Å². The minimum absolute atomic E-state index is 0.0703. The number of ether oxygens (including phenoxy) is 2. The number of methoxy groups -OCH3 is 1. The highest BCUT2D eigenvalue weighted by atomic mass is 16.5. The molecule has 1 aromatic carbocycles. The summed E-state index contributed by atoms with van der Waals surface area (Å²) in [6, 6.07) is 5.81. The topological polar surface area (TPSA) is 111 Å². The van der Waals surface area contributed by atoms with E-state index in [2.05, 4.69) is 10.1 Å². The lowest BCUT2D eigenvalue weighted by Crippen LogP contribution is -2.41. The van der Waals surface area contributed by atoms with Gasteiger partial charge in [0.05, 0.1) is 26.2 Å². The Hall–Kier alpha value is -2.45. The molecule has 1 heterocycles. The molecule has 1 atom stereocenters. The molecule has 0 spiro atoms. The fourth-order valence-corrected chi connectivity index (χ4v) is 2.11. The normalized spacial score (nSPS) is 15.9. The second-order valence-corrected chi connectivity index (χ2v) is 5.02. The summed E-state index contributed by atoms with van der Waals surface area (Å²) in [7, 11) is 1.23. The molecule has 3 N–H and O–H groups in total. The molecule has 23 heavy (non-hydrogen) atoms. The van der Waals surface area contributed by atoms with Gasteiger partial charge in [-0.25, -0.2) is 0 Å². The van der Waals surface area contributed by atoms with E-state index in [1.54, 1.807) is 29.2 Å². The van der Waals surface area contributed by atoms with E-state index in [9.17, 15) is 14.4 Å². The zero-order valence-corrected chi connectivity index (χ0v) is 12.8. The standard InChI is InChI=1S/C15H19N3O5/c1-22-14(20)8-12(16)15(21)17-10-2-4-11(5-3-10)18-6-7-23-9-13(18)19/h2-5,12H,6-9,16H2,1H3,(H,17,21)/t12-/m1/s1. The van der Waals surface area contributed by atoms with Crippen molar-refractivity contribution >= 4 is 29.2 Å². The Morgan fingerprint density at radius 1 is 1.39 bits per heavy atom. The third-order valence-corrected chi connectivity index (χ3v) is 3.38. The van der Waals surface area contributed by atoms with Crippen molar-refractivity contribution in [2.75, 3.05) is 37.1 Å². The molecule has 1 fully saturated rings. The van der Waals surface area contributed by atoms with Gasteiger partial charge in [0.1, 0.15) is 6.61 Å². The number of amides is 2. The van der Waals surface area contributed by atoms with Crippen LogP contribution in [0, 0.1) is 0 Å². The van der Waals surface area contributed by atoms with Crippen LogP contribution in [0.4, 0.5) is 11.4 Å². The van der Waals surface area contributed by atoms with Gasteiger partial charge < -0.3 is 25.4 Å². The number of hydrogen-bond donors (Lipinski definition) is 2. The van der Waals surface area contributed by atoms with Crippen molar-refractivity contribution in [3.63, 3.8) is 0 Å². The SMILES string of the molecule is COC(=O)C[C@@H](N)C(=O)Nc1ccc(N2CCOCC2=O)cc1. The molecule has 0 unspecified atom stereocenters. The molecule has 0 bridgehead atoms. The van der Waals surface area contributed by atoms with Crippen molar-refractivity contribution in [2.24, 2.45) is 5.73 Å². The number of nitrogens with one attached hydrogen (secondary N) is 1. The molecule has 0 radical (unpaired) electrons. The minimum Gasteiger partial charge on any atom is -0.469 e. The number of hydrogen-bond acceptors (Lipinski definition) is 6. The molecule has 1 saturated heterocycles. The van der Waals surface area contributed by atoms with Crippen molar-refractivity contribution in [1.82, 2.24) is 0 Å². The molecule has 0 aliphatic carbocycles. The maximum atomic E-state index is 11.9. The van der Waals surface area contributed by atoms with Crippen molar-refractivity contribution in [2.45, 2.75) is 12.5 Å². The number of carbonyl (C=O) groups excluding carboxylic acids is 3. The zero-order chi connectivity index (χ0) is 16.8. The molecule has 8 heteroatoms. The average molecular weight is 321 g/mol. The number of morpholine rings is 1. The maximum absolute atomic E-state index is 11.9. The number of carbonyl (C=O) groups is 3. The van der Waals surface area contributed by atoms with E-state index >= 15 is 0 Å². The summed E-state index contributed by atoms with van der Waals surface area (Å²) in [5, 5.41) is 2.61. The van der Waals surface area contributed by atoms with Crippen LogP contribution in [-0.4, -0.2) is 50.7 Å². The van der Waals surface area contributed by atoms with Gasteiger partial charge in [-0.15, -0.1) is 0 Å². The van der Waals surface area contributed by atoms with Gasteiger partial charge in [0.2, 0.25) is 5.91 Å². The first-order chi connectivity index (χ1) is 11.0. The summed E-state index contributed by atoms with van der Waals surface area (Å²) >= 11 is 0. The van der Waals surface area contributed by atoms with Crippen LogP contribution in [0.1, 0.15) is 6.42 Å². The molecule has 1 aliphatic heterocycles. The Kier molecular flexibility index (Phi) is 5.67. The van der Waals surface area contributed by atoms with E-state index in [1.807, 2.05) is 0 Å². The van der Waals surface area contributed by atoms with Crippen LogP contribution >= 0.6 is 0 Å². The summed E-state index contributed by atoms with van der Waals surface area (Å²) in [5.74, 6) is -1.13. The highest BCUT2D eigenvalue weighted by Crippen LogP contribution is 2.19. The third-order valence-electron chi connectivity index (χ3n) is 3.38. The number of nitrogens with zero attached hydrogens (tertiary/aromatic N) is 1. The first-order valence-electron chi connectivity index (χ1n) is 7.12. The number of nitrogens with two attached hydrogens (primary N) is 1. The van der Waals surface area contributed by atoms with Crippen molar-refractivity contribution in [3.8, 4) is 0 Å². The van der Waals surface area contributed by atoms with E-state index in [1.165, 1.54) is 7.11 Å². The lowest BCUT2D eigenvalue weighted by molar-refractivity contribution is -0.142. The second-order valence-electron chi connectivity index (χ2n) is 5.02. The summed E-state index contributed by atoms with van der Waals surface area (Å²) < 4.78 is 9.54. The number of benzene rings is 1. The number of rotatable bonds is 5. The molecular weight excluding hydrogens is 302 g/mol. The van der Waals surface area contributed by atoms with Crippen molar-refractivity contribution < 1.29 is 23.9 Å². The summed E-state index contributed by atoms with van der Waals surface area (Å²) in [6.45, 7) is 1.06. The van der Waals surface area contributed by atoms with Gasteiger partial charge in [0.25, 0.3) is 5.91 Å². The van der Waals surface area contributed by atoms with Crippen LogP contribution in [0.15, 0.2) is 24.3 Å². The minimum atomic E-state index is -0.983. The first kappa shape index (κ1) is 16.9. The van der Waals surface area contributed by atoms with Crippen LogP contribution in [0.5, 0.6) is 0 Å². The molecule has 8 nitrogen and oxygen atoms in total. The molecule has 2 rings (SSSR count). The van der Waals surface area contributed by atoms with Crippen LogP contribution in [-0.2, 0) is 23.9 Å². The van der Waals surface area contributed by atoms with Gasteiger partial charge in [0, 0.05) is 17.9 Å². The average Bonchev–Trinajstić information content (AvgIpc) is 2.56. The van der Waals surface area contributed by atoms with Gasteiger partial charge in [-0.2, -0.15) is 0 Å². The van der Waals surface area contributed by atoms with Crippen molar-refractivity contribution in [1.29, 1.82) is 0 Å². The third kappa shape index (κ3) is 4.51. The summed E-state index contributed by atoms with van der Waals surface area (Å²) in [6.07, 6.45) is -0.192. The Morgan fingerprint density at radius 2 is 2.09 bits per heavy atom. The Labute approximate surface area is 133 Å². The van der Waals surface area contributed by atoms with Gasteiger partial charge in [-0.3, -0.25) is 14.4 Å². The van der Waals surface area contributed by atoms with Gasteiger partial charge >= 0.3 is 5.97 Å². The first-order valence-corrected chi connectivity index (χ1v) is 7.12. The summed E-state index contributed by atoms with van der Waals surface area (Å²) in [5.41, 5.74) is 6.89. The largest absolute Gasteiger partial charge is 0.469 e. The molecule has 2 amide bonds. The molecule has 1 aliphatic rings. The van der Waals surface area contributed by atoms with Crippen LogP contribution in [0.2, 0.25) is 0 Å². The second kappa shape index (κ2) is 7.70. The highest BCUT2D eigenvalue weighted by Gasteiger charge is 2.21. The van der Waals surface area contributed by atoms with E-state index in [0.29, 0.717) is 18.8 Å². The quantitative estimate of drug-likeness (QED) is 0.731. The monoisotopic (exact) mass is 321 g/mol. The Bertz CT molecular complexity index is 587. The number of esters is 1. The van der Waals surface area contributed by atoms with Crippen molar-refractivity contribution in [3.05, 3.63) is 24.3 Å². The van der Waals surface area contributed by atoms with Gasteiger partial charge in [0.15, 0.2) is 0 Å². The van der Waals surface area contributed by atoms with E-state index in [0.717, 1.165) is 5.69 Å². The van der Waals surface area contributed by atoms with Crippen LogP contribution in [0.25, 0.3) is 0 Å². The van der Waals surface area contributed by atoms with E-state index < -0.39 is 17.9 Å². The van der Waals surface area contributed by atoms with Gasteiger partial charge in [-0.1, -0.05) is 0 Å². The predicted octanol–water partition coefficient (Wildman–Crippen LogP) is -0.121. The van der Waals surface area contributed by atoms with Crippen LogP contribution < -0.4 is 16.0 Å². The smallest absolute Gasteiger partial charge is 0.307 e. The van der Waals surface area contributed by atoms with E-state index in [4.69, 9.17) is 10.5 Å². The molecule has 0 aromatic heterocycles. The zero-order valence-electron chi connectivity index (χ0n) is 12.8. The number of anilines is 2. The lowest BCUT2D eigenvalue weighted by atomic mass is 10.2. The lowest BCUT2D eigenvalue weighted by Gasteiger charge is -2.27.